The third-order valence-electron chi connectivity index (χ3n) is 8.00. The van der Waals surface area contributed by atoms with Gasteiger partial charge in [0, 0.05) is 35.9 Å². The van der Waals surface area contributed by atoms with Gasteiger partial charge in [0.2, 0.25) is 0 Å². The molecule has 0 aliphatic carbocycles. The molecule has 0 spiro atoms. The fourth-order valence-corrected chi connectivity index (χ4v) is 5.41. The number of rotatable bonds is 13. The summed E-state index contributed by atoms with van der Waals surface area (Å²) >= 11 is 6.52. The number of hydrogen-bond donors (Lipinski definition) is 3. The molecule has 50 heavy (non-hydrogen) atoms. The Balaban J connectivity index is 1.26. The van der Waals surface area contributed by atoms with Crippen molar-refractivity contribution >= 4 is 23.4 Å². The molecule has 2 heterocycles. The normalized spacial score (nSPS) is 11.3. The molecule has 5 aromatic rings. The number of carbonyl (C=O) groups excluding carboxylic acids is 1. The summed E-state index contributed by atoms with van der Waals surface area (Å²) in [6.45, 7) is 8.75. The van der Waals surface area contributed by atoms with Crippen molar-refractivity contribution in [2.75, 3.05) is 25.6 Å². The van der Waals surface area contributed by atoms with E-state index >= 15 is 0 Å². The van der Waals surface area contributed by atoms with E-state index in [1.807, 2.05) is 94.4 Å². The van der Waals surface area contributed by atoms with Crippen LogP contribution in [0.1, 0.15) is 48.8 Å². The average molecular weight is 700 g/mol. The molecule has 0 unspecified atom stereocenters. The monoisotopic (exact) mass is 699 g/mol. The number of ether oxygens (including phenoxy) is 3. The van der Waals surface area contributed by atoms with Crippen molar-refractivity contribution in [2.45, 2.75) is 52.8 Å². The van der Waals surface area contributed by atoms with Gasteiger partial charge >= 0.3 is 6.03 Å². The van der Waals surface area contributed by atoms with Crippen molar-refractivity contribution in [1.29, 1.82) is 0 Å². The Morgan fingerprint density at radius 2 is 1.68 bits per heavy atom. The van der Waals surface area contributed by atoms with Crippen LogP contribution in [0.25, 0.3) is 5.69 Å². The van der Waals surface area contributed by atoms with Crippen molar-refractivity contribution in [3.05, 3.63) is 128 Å². The molecule has 0 saturated carbocycles. The first kappa shape index (κ1) is 36.0. The van der Waals surface area contributed by atoms with Gasteiger partial charge in [0.1, 0.15) is 41.3 Å². The Kier molecular flexibility index (Phi) is 11.5. The predicted octanol–water partition coefficient (Wildman–Crippen LogP) is 6.62. The van der Waals surface area contributed by atoms with Gasteiger partial charge in [0.25, 0.3) is 5.56 Å². The van der Waals surface area contributed by atoms with Crippen LogP contribution in [-0.2, 0) is 25.1 Å². The first-order valence-corrected chi connectivity index (χ1v) is 16.6. The Hall–Kier alpha value is -5.26. The lowest BCUT2D eigenvalue weighted by molar-refractivity contribution is 0.201. The zero-order valence-corrected chi connectivity index (χ0v) is 29.6. The number of nitrogens with zero attached hydrogens (tertiary/aromatic N) is 3. The van der Waals surface area contributed by atoms with E-state index in [2.05, 4.69) is 10.6 Å². The van der Waals surface area contributed by atoms with Crippen LogP contribution in [0.4, 0.5) is 10.6 Å². The molecular weight excluding hydrogens is 658 g/mol. The maximum atomic E-state index is 13.2. The van der Waals surface area contributed by atoms with Crippen molar-refractivity contribution < 1.29 is 24.1 Å². The molecule has 0 aliphatic heterocycles. The number of aromatic nitrogens is 3. The number of halogens is 1. The molecule has 0 saturated heterocycles. The molecule has 12 heteroatoms. The molecular formula is C38H42ClN5O6. The first-order valence-electron chi connectivity index (χ1n) is 16.2. The van der Waals surface area contributed by atoms with Gasteiger partial charge in [-0.25, -0.2) is 9.48 Å². The molecule has 11 nitrogen and oxygen atoms in total. The number of carbonyl (C=O) groups is 1. The van der Waals surface area contributed by atoms with Gasteiger partial charge in [-0.15, -0.1) is 0 Å². The molecule has 3 aromatic carbocycles. The number of methoxy groups -OCH3 is 1. The van der Waals surface area contributed by atoms with Gasteiger partial charge in [-0.3, -0.25) is 10.1 Å². The lowest BCUT2D eigenvalue weighted by Crippen LogP contribution is -2.29. The van der Waals surface area contributed by atoms with Gasteiger partial charge in [-0.2, -0.15) is 5.10 Å². The SMILES string of the molecule is COc1ccc(Cn2c(C)cc(OCc3ccccc3CNC(=O)Nc3cc(C(C)(C)C)nn3-c3cccc(OCCO)c3)c(Cl)c2=O)cc1. The third-order valence-corrected chi connectivity index (χ3v) is 8.35. The number of aliphatic hydroxyl groups excluding tert-OH is 1. The lowest BCUT2D eigenvalue weighted by atomic mass is 9.92. The molecule has 0 aliphatic rings. The third kappa shape index (κ3) is 8.85. The highest BCUT2D eigenvalue weighted by molar-refractivity contribution is 6.31. The van der Waals surface area contributed by atoms with Crippen LogP contribution in [0.2, 0.25) is 5.02 Å². The zero-order valence-electron chi connectivity index (χ0n) is 28.8. The average Bonchev–Trinajstić information content (AvgIpc) is 3.54. The minimum Gasteiger partial charge on any atom is -0.497 e. The number of urea groups is 1. The van der Waals surface area contributed by atoms with Crippen molar-refractivity contribution in [2.24, 2.45) is 0 Å². The van der Waals surface area contributed by atoms with Gasteiger partial charge in [-0.05, 0) is 47.9 Å². The summed E-state index contributed by atoms with van der Waals surface area (Å²) in [7, 11) is 1.61. The quantitative estimate of drug-likeness (QED) is 0.126. The number of aliphatic hydroxyl groups is 1. The molecule has 2 aromatic heterocycles. The van der Waals surface area contributed by atoms with Crippen LogP contribution in [0.3, 0.4) is 0 Å². The van der Waals surface area contributed by atoms with Crippen LogP contribution in [0, 0.1) is 6.92 Å². The number of benzene rings is 3. The lowest BCUT2D eigenvalue weighted by Gasteiger charge is -2.16. The second-order valence-corrected chi connectivity index (χ2v) is 13.1. The number of anilines is 1. The topological polar surface area (TPSA) is 129 Å². The summed E-state index contributed by atoms with van der Waals surface area (Å²) in [5.74, 6) is 2.08. The highest BCUT2D eigenvalue weighted by Gasteiger charge is 2.22. The van der Waals surface area contributed by atoms with Crippen LogP contribution in [0.15, 0.2) is 89.7 Å². The van der Waals surface area contributed by atoms with Crippen molar-refractivity contribution in [3.8, 4) is 22.9 Å². The van der Waals surface area contributed by atoms with E-state index < -0.39 is 6.03 Å². The number of hydrogen-bond acceptors (Lipinski definition) is 7. The predicted molar refractivity (Wildman–Crippen MR) is 194 cm³/mol. The van der Waals surface area contributed by atoms with E-state index in [0.29, 0.717) is 29.5 Å². The summed E-state index contributed by atoms with van der Waals surface area (Å²) in [6.07, 6.45) is 0. The van der Waals surface area contributed by atoms with Crippen molar-refractivity contribution in [3.63, 3.8) is 0 Å². The summed E-state index contributed by atoms with van der Waals surface area (Å²) in [5.41, 5.74) is 4.16. The Labute approximate surface area is 296 Å². The molecule has 0 atom stereocenters. The maximum Gasteiger partial charge on any atom is 0.320 e. The number of amides is 2. The first-order chi connectivity index (χ1) is 24.0. The molecule has 0 fully saturated rings. The second kappa shape index (κ2) is 16.0. The molecule has 0 bridgehead atoms. The number of nitrogens with one attached hydrogen (secondary N) is 2. The Morgan fingerprint density at radius 3 is 2.38 bits per heavy atom. The van der Waals surface area contributed by atoms with Crippen LogP contribution >= 0.6 is 11.6 Å². The van der Waals surface area contributed by atoms with E-state index in [9.17, 15) is 9.59 Å². The van der Waals surface area contributed by atoms with Crippen molar-refractivity contribution in [1.82, 2.24) is 19.7 Å². The molecule has 5 rings (SSSR count). The summed E-state index contributed by atoms with van der Waals surface area (Å²) in [5, 5.41) is 19.8. The van der Waals surface area contributed by atoms with Gasteiger partial charge in [-0.1, -0.05) is 74.8 Å². The minimum absolute atomic E-state index is 0.00386. The molecule has 262 valence electrons. The maximum absolute atomic E-state index is 13.2. The van der Waals surface area contributed by atoms with E-state index in [-0.39, 0.29) is 48.1 Å². The van der Waals surface area contributed by atoms with E-state index in [0.717, 1.165) is 28.1 Å². The van der Waals surface area contributed by atoms with E-state index in [1.165, 1.54) is 0 Å². The summed E-state index contributed by atoms with van der Waals surface area (Å²) in [6, 6.07) is 25.5. The Morgan fingerprint density at radius 1 is 0.940 bits per heavy atom. The highest BCUT2D eigenvalue weighted by Crippen LogP contribution is 2.28. The molecule has 0 radical (unpaired) electrons. The largest absolute Gasteiger partial charge is 0.497 e. The molecule has 3 N–H and O–H groups in total. The van der Waals surface area contributed by atoms with Gasteiger partial charge < -0.3 is 29.2 Å². The van der Waals surface area contributed by atoms with Crippen LogP contribution in [-0.4, -0.2) is 45.8 Å². The standard InChI is InChI=1S/C38H42ClN5O6/c1-25-19-32(35(39)36(46)43(25)23-26-13-15-30(48-5)16-14-26)50-24-28-10-7-6-9-27(28)22-40-37(47)41-34-21-33(38(2,3)4)42-44(34)29-11-8-12-31(20-29)49-18-17-45/h6-16,19-21,45H,17-18,22-24H2,1-5H3,(H2,40,41,47). The van der Waals surface area contributed by atoms with Gasteiger partial charge in [0.05, 0.1) is 31.6 Å². The fraction of sp³-hybridized carbons (Fsp3) is 0.289. The summed E-state index contributed by atoms with van der Waals surface area (Å²) in [4.78, 5) is 26.5. The van der Waals surface area contributed by atoms with Crippen LogP contribution in [0.5, 0.6) is 17.2 Å². The second-order valence-electron chi connectivity index (χ2n) is 12.7. The zero-order chi connectivity index (χ0) is 35.8. The van der Waals surface area contributed by atoms with E-state index in [1.54, 1.807) is 34.6 Å². The van der Waals surface area contributed by atoms with Crippen LogP contribution < -0.4 is 30.4 Å². The van der Waals surface area contributed by atoms with Gasteiger partial charge in [0.15, 0.2) is 0 Å². The minimum atomic E-state index is -0.422. The summed E-state index contributed by atoms with van der Waals surface area (Å²) < 4.78 is 20.1. The number of aryl methyl sites for hydroxylation is 1. The fourth-order valence-electron chi connectivity index (χ4n) is 5.19. The highest BCUT2D eigenvalue weighted by atomic mass is 35.5. The Bertz CT molecular complexity index is 2000. The van der Waals surface area contributed by atoms with E-state index in [4.69, 9.17) is 36.0 Å². The number of pyridine rings is 1. The smallest absolute Gasteiger partial charge is 0.320 e. The molecule has 2 amide bonds.